The van der Waals surface area contributed by atoms with Crippen LogP contribution in [0.1, 0.15) is 47.4 Å². The summed E-state index contributed by atoms with van der Waals surface area (Å²) in [5.41, 5.74) is -1.73. The minimum atomic E-state index is -1.39. The predicted octanol–water partition coefficient (Wildman–Crippen LogP) is 0.959. The zero-order valence-electron chi connectivity index (χ0n) is 17.5. The van der Waals surface area contributed by atoms with Crippen LogP contribution in [-0.4, -0.2) is 63.8 Å². The summed E-state index contributed by atoms with van der Waals surface area (Å²) in [6.07, 6.45) is -3.42. The molecule has 2 heterocycles. The summed E-state index contributed by atoms with van der Waals surface area (Å²) in [6, 6.07) is 3.04. The number of rotatable bonds is 5. The first kappa shape index (κ1) is 21.9. The minimum absolute atomic E-state index is 0.0530. The van der Waals surface area contributed by atoms with Crippen LogP contribution >= 0.6 is 0 Å². The normalized spacial score (nSPS) is 31.2. The lowest BCUT2D eigenvalue weighted by molar-refractivity contribution is -0.279. The van der Waals surface area contributed by atoms with Gasteiger partial charge in [0.15, 0.2) is 5.78 Å². The van der Waals surface area contributed by atoms with Gasteiger partial charge in [-0.15, -0.1) is 0 Å². The SMILES string of the molecule is CO[C@@H]1[C@H](O)[C@@H](O)[C@H](c2ccc3c(O)c(C(=O)C4CC4)c(=O)oc3c2C)O[C@]1(C)CO. The molecule has 0 bridgehead atoms. The molecule has 1 saturated carbocycles. The fourth-order valence-corrected chi connectivity index (χ4v) is 4.38. The lowest BCUT2D eigenvalue weighted by Crippen LogP contribution is -2.62. The van der Waals surface area contributed by atoms with Crippen molar-refractivity contribution in [2.75, 3.05) is 13.7 Å². The van der Waals surface area contributed by atoms with Crippen molar-refractivity contribution in [1.29, 1.82) is 0 Å². The maximum absolute atomic E-state index is 12.5. The molecule has 4 rings (SSSR count). The Kier molecular flexibility index (Phi) is 5.43. The van der Waals surface area contributed by atoms with Crippen molar-refractivity contribution < 1.29 is 39.1 Å². The third-order valence-corrected chi connectivity index (χ3v) is 6.38. The predicted molar refractivity (Wildman–Crippen MR) is 108 cm³/mol. The lowest BCUT2D eigenvalue weighted by Gasteiger charge is -2.48. The number of aliphatic hydroxyl groups is 3. The van der Waals surface area contributed by atoms with Gasteiger partial charge < -0.3 is 34.3 Å². The fraction of sp³-hybridized carbons (Fsp3) is 0.545. The lowest BCUT2D eigenvalue weighted by atomic mass is 9.83. The Hall–Kier alpha value is -2.30. The molecule has 0 spiro atoms. The van der Waals surface area contributed by atoms with Crippen LogP contribution in [0.4, 0.5) is 0 Å². The smallest absolute Gasteiger partial charge is 0.351 e. The standard InChI is InChI=1S/C22H26O9/c1-9-11(19-16(26)17(27)20(29-3)22(2,8-23)31-19)6-7-12-15(25)13(14(24)10-4-5-10)21(28)30-18(9)12/h6-7,10,16-17,19-20,23,25-27H,4-5,8H2,1-3H3/t16-,17-,19+,20-,22-/m1/s1. The maximum atomic E-state index is 12.5. The van der Waals surface area contributed by atoms with Crippen molar-refractivity contribution in [1.82, 2.24) is 0 Å². The van der Waals surface area contributed by atoms with Gasteiger partial charge in [-0.25, -0.2) is 4.79 Å². The van der Waals surface area contributed by atoms with Gasteiger partial charge >= 0.3 is 5.63 Å². The Bertz CT molecular complexity index is 1090. The topological polar surface area (TPSA) is 147 Å². The molecule has 1 saturated heterocycles. The number of aryl methyl sites for hydroxylation is 1. The van der Waals surface area contributed by atoms with Gasteiger partial charge in [-0.1, -0.05) is 6.07 Å². The van der Waals surface area contributed by atoms with Gasteiger partial charge in [0.25, 0.3) is 0 Å². The van der Waals surface area contributed by atoms with Gasteiger partial charge in [-0.3, -0.25) is 4.79 Å². The van der Waals surface area contributed by atoms with Gasteiger partial charge in [0.1, 0.15) is 46.9 Å². The van der Waals surface area contributed by atoms with Crippen molar-refractivity contribution in [3.63, 3.8) is 0 Å². The number of benzene rings is 1. The van der Waals surface area contributed by atoms with Crippen LogP contribution in [0.15, 0.2) is 21.3 Å². The number of ether oxygens (including phenoxy) is 2. The van der Waals surface area contributed by atoms with Crippen LogP contribution in [0.2, 0.25) is 0 Å². The van der Waals surface area contributed by atoms with E-state index in [0.717, 1.165) is 0 Å². The summed E-state index contributed by atoms with van der Waals surface area (Å²) in [5.74, 6) is -1.11. The first-order valence-corrected chi connectivity index (χ1v) is 10.2. The Morgan fingerprint density at radius 1 is 1.26 bits per heavy atom. The number of ketones is 1. The van der Waals surface area contributed by atoms with Crippen LogP contribution < -0.4 is 5.63 Å². The van der Waals surface area contributed by atoms with E-state index < -0.39 is 53.8 Å². The van der Waals surface area contributed by atoms with Crippen LogP contribution in [0.25, 0.3) is 11.0 Å². The third-order valence-electron chi connectivity index (χ3n) is 6.38. The number of fused-ring (bicyclic) bond motifs is 1. The highest BCUT2D eigenvalue weighted by atomic mass is 16.6. The summed E-state index contributed by atoms with van der Waals surface area (Å²) in [6.45, 7) is 2.70. The van der Waals surface area contributed by atoms with E-state index in [1.807, 2.05) is 0 Å². The molecule has 168 valence electrons. The average molecular weight is 434 g/mol. The quantitative estimate of drug-likeness (QED) is 0.399. The number of aromatic hydroxyl groups is 1. The van der Waals surface area contributed by atoms with Gasteiger partial charge in [0.05, 0.1) is 12.0 Å². The van der Waals surface area contributed by atoms with Gasteiger partial charge in [0.2, 0.25) is 0 Å². The average Bonchev–Trinajstić information content (AvgIpc) is 3.57. The first-order chi connectivity index (χ1) is 14.6. The van der Waals surface area contributed by atoms with Crippen molar-refractivity contribution in [2.24, 2.45) is 5.92 Å². The third kappa shape index (κ3) is 3.37. The molecular weight excluding hydrogens is 408 g/mol. The number of carbonyl (C=O) groups is 1. The van der Waals surface area contributed by atoms with E-state index in [1.54, 1.807) is 19.9 Å². The van der Waals surface area contributed by atoms with E-state index in [1.165, 1.54) is 13.2 Å². The Morgan fingerprint density at radius 3 is 2.52 bits per heavy atom. The molecule has 2 aromatic rings. The number of aliphatic hydroxyl groups excluding tert-OH is 3. The summed E-state index contributed by atoms with van der Waals surface area (Å²) in [4.78, 5) is 24.9. The Morgan fingerprint density at radius 2 is 1.94 bits per heavy atom. The molecule has 9 heteroatoms. The van der Waals surface area contributed by atoms with Crippen LogP contribution in [0.5, 0.6) is 5.75 Å². The highest BCUT2D eigenvalue weighted by Crippen LogP contribution is 2.42. The van der Waals surface area contributed by atoms with Gasteiger partial charge in [-0.05, 0) is 43.9 Å². The van der Waals surface area contributed by atoms with E-state index >= 15 is 0 Å². The molecule has 31 heavy (non-hydrogen) atoms. The molecule has 2 aliphatic rings. The molecule has 0 unspecified atom stereocenters. The number of carbonyl (C=O) groups excluding carboxylic acids is 1. The van der Waals surface area contributed by atoms with Crippen LogP contribution in [-0.2, 0) is 9.47 Å². The highest BCUT2D eigenvalue weighted by Gasteiger charge is 2.52. The number of methoxy groups -OCH3 is 1. The molecule has 9 nitrogen and oxygen atoms in total. The van der Waals surface area contributed by atoms with E-state index in [-0.39, 0.29) is 22.5 Å². The molecule has 4 N–H and O–H groups in total. The van der Waals surface area contributed by atoms with E-state index in [4.69, 9.17) is 13.9 Å². The van der Waals surface area contributed by atoms with E-state index in [0.29, 0.717) is 24.0 Å². The molecule has 0 radical (unpaired) electrons. The first-order valence-electron chi connectivity index (χ1n) is 10.2. The molecule has 1 aromatic heterocycles. The largest absolute Gasteiger partial charge is 0.506 e. The second kappa shape index (κ2) is 7.68. The Balaban J connectivity index is 1.82. The molecule has 2 fully saturated rings. The molecule has 1 aliphatic carbocycles. The second-order valence-electron chi connectivity index (χ2n) is 8.55. The van der Waals surface area contributed by atoms with Crippen molar-refractivity contribution in [3.8, 4) is 5.75 Å². The molecule has 1 aliphatic heterocycles. The zero-order chi connectivity index (χ0) is 22.7. The van der Waals surface area contributed by atoms with Crippen LogP contribution in [0.3, 0.4) is 0 Å². The summed E-state index contributed by atoms with van der Waals surface area (Å²) in [5, 5.41) is 41.9. The molecule has 0 amide bonds. The molecular formula is C22H26O9. The van der Waals surface area contributed by atoms with Crippen molar-refractivity contribution in [2.45, 2.75) is 56.7 Å². The Labute approximate surface area is 177 Å². The maximum Gasteiger partial charge on any atom is 0.351 e. The fourth-order valence-electron chi connectivity index (χ4n) is 4.38. The van der Waals surface area contributed by atoms with Crippen molar-refractivity contribution >= 4 is 16.8 Å². The number of Topliss-reactive ketones (excluding diaryl/α,β-unsaturated/α-hetero) is 1. The van der Waals surface area contributed by atoms with E-state index in [9.17, 15) is 30.0 Å². The van der Waals surface area contributed by atoms with Gasteiger partial charge in [-0.2, -0.15) is 0 Å². The number of hydrogen-bond donors (Lipinski definition) is 4. The highest BCUT2D eigenvalue weighted by molar-refractivity contribution is 6.05. The van der Waals surface area contributed by atoms with Gasteiger partial charge in [0, 0.05) is 13.0 Å². The number of hydrogen-bond acceptors (Lipinski definition) is 9. The zero-order valence-corrected chi connectivity index (χ0v) is 17.5. The minimum Gasteiger partial charge on any atom is -0.506 e. The van der Waals surface area contributed by atoms with Crippen molar-refractivity contribution in [3.05, 3.63) is 39.2 Å². The summed E-state index contributed by atoms with van der Waals surface area (Å²) >= 11 is 0. The second-order valence-corrected chi connectivity index (χ2v) is 8.55. The van der Waals surface area contributed by atoms with E-state index in [2.05, 4.69) is 0 Å². The molecule has 5 atom stereocenters. The monoisotopic (exact) mass is 434 g/mol. The van der Waals surface area contributed by atoms with Crippen LogP contribution in [0, 0.1) is 12.8 Å². The summed E-state index contributed by atoms with van der Waals surface area (Å²) < 4.78 is 16.6. The summed E-state index contributed by atoms with van der Waals surface area (Å²) in [7, 11) is 1.34. The molecule has 1 aromatic carbocycles.